The molecule has 2 aliphatic rings. The van der Waals surface area contributed by atoms with Gasteiger partial charge in [0.2, 0.25) is 12.2 Å². The molecule has 0 radical (unpaired) electrons. The van der Waals surface area contributed by atoms with Gasteiger partial charge in [0, 0.05) is 19.6 Å². The summed E-state index contributed by atoms with van der Waals surface area (Å²) in [5.41, 5.74) is 6.82. The van der Waals surface area contributed by atoms with Gasteiger partial charge in [0.05, 0.1) is 22.4 Å². The van der Waals surface area contributed by atoms with Crippen molar-refractivity contribution in [2.24, 2.45) is 5.92 Å². The Kier molecular flexibility index (Phi) is 4.95. The molecular weight excluding hydrogens is 421 g/mol. The molecule has 0 aliphatic carbocycles. The number of hydrogen-bond donors (Lipinski definition) is 1. The third-order valence-corrected chi connectivity index (χ3v) is 5.05. The number of nitrogen functional groups attached to an aromatic ring is 1. The maximum atomic E-state index is 12.1. The maximum absolute atomic E-state index is 12.1. The molecule has 2 atom stereocenters. The maximum Gasteiger partial charge on any atom is 0.341 e. The number of carbonyl (C=O) groups is 1. The van der Waals surface area contributed by atoms with Crippen molar-refractivity contribution >= 4 is 49.9 Å². The molecular formula is C16H19IN5O2+. The van der Waals surface area contributed by atoms with Crippen molar-refractivity contribution in [2.45, 2.75) is 12.5 Å². The van der Waals surface area contributed by atoms with E-state index in [1.807, 2.05) is 15.7 Å². The monoisotopic (exact) mass is 440 g/mol. The number of rotatable bonds is 4. The molecule has 24 heavy (non-hydrogen) atoms. The molecule has 0 bridgehead atoms. The lowest BCUT2D eigenvalue weighted by atomic mass is 10.1. The Labute approximate surface area is 154 Å². The first kappa shape index (κ1) is 17.0. The molecule has 3 heterocycles. The zero-order valence-corrected chi connectivity index (χ0v) is 15.5. The quantitative estimate of drug-likeness (QED) is 0.437. The fourth-order valence-electron chi connectivity index (χ4n) is 3.20. The molecule has 0 spiro atoms. The van der Waals surface area contributed by atoms with Crippen LogP contribution in [0.25, 0.3) is 3.58 Å². The van der Waals surface area contributed by atoms with E-state index in [0.29, 0.717) is 19.0 Å². The molecule has 2 aliphatic heterocycles. The Hall–Kier alpha value is -1.81. The van der Waals surface area contributed by atoms with Gasteiger partial charge in [0.15, 0.2) is 0 Å². The number of hydrogen-bond acceptors (Lipinski definition) is 5. The van der Waals surface area contributed by atoms with Gasteiger partial charge in [-0.05, 0) is 40.1 Å². The molecule has 1 aromatic heterocycles. The van der Waals surface area contributed by atoms with Crippen molar-refractivity contribution in [3.8, 4) is 0 Å². The van der Waals surface area contributed by atoms with Gasteiger partial charge in [-0.25, -0.2) is 4.58 Å². The van der Waals surface area contributed by atoms with E-state index in [0.717, 1.165) is 21.4 Å². The standard InChI is InChI=1S/C16H19IN5O2/c1-3-13(23)22-6-10(4-11(22)8-24-2)5-21-7-12(17)14-15(18)19-9-20-16(14)21/h3,5,7,9-11H,1,4,6,8H2,2H3,(H2,18,19,20)/q+1/b21-5+/t10?,11-/m1/s1. The van der Waals surface area contributed by atoms with Crippen molar-refractivity contribution in [3.63, 3.8) is 0 Å². The van der Waals surface area contributed by atoms with Crippen LogP contribution < -0.4 is 5.73 Å². The summed E-state index contributed by atoms with van der Waals surface area (Å²) in [6.07, 6.45) is 7.74. The van der Waals surface area contributed by atoms with Crippen molar-refractivity contribution in [1.29, 1.82) is 0 Å². The van der Waals surface area contributed by atoms with Crippen molar-refractivity contribution < 1.29 is 14.1 Å². The average Bonchev–Trinajstić information content (AvgIpc) is 3.10. The molecule has 0 aromatic carbocycles. The summed E-state index contributed by atoms with van der Waals surface area (Å²) < 4.78 is 8.23. The van der Waals surface area contributed by atoms with Crippen LogP contribution in [-0.4, -0.2) is 57.9 Å². The van der Waals surface area contributed by atoms with E-state index in [-0.39, 0.29) is 17.9 Å². The van der Waals surface area contributed by atoms with Crippen LogP contribution >= 0.6 is 22.6 Å². The predicted octanol–water partition coefficient (Wildman–Crippen LogP) is 1.57. The van der Waals surface area contributed by atoms with Gasteiger partial charge < -0.3 is 15.4 Å². The third kappa shape index (κ3) is 3.07. The third-order valence-electron chi connectivity index (χ3n) is 4.23. The highest BCUT2D eigenvalue weighted by atomic mass is 127. The molecule has 1 aromatic rings. The second-order valence-electron chi connectivity index (χ2n) is 5.79. The number of methoxy groups -OCH3 is 1. The predicted molar refractivity (Wildman–Crippen MR) is 100 cm³/mol. The Morgan fingerprint density at radius 1 is 1.62 bits per heavy atom. The minimum absolute atomic E-state index is 0.0577. The number of anilines is 1. The number of ether oxygens (including phenoxy) is 1. The molecule has 2 N–H and O–H groups in total. The van der Waals surface area contributed by atoms with Crippen LogP contribution in [0, 0.1) is 5.92 Å². The van der Waals surface area contributed by atoms with Crippen molar-refractivity contribution in [2.75, 3.05) is 26.0 Å². The molecule has 1 saturated heterocycles. The van der Waals surface area contributed by atoms with Gasteiger partial charge >= 0.3 is 5.82 Å². The van der Waals surface area contributed by atoms with Crippen LogP contribution in [0.15, 0.2) is 25.2 Å². The summed E-state index contributed by atoms with van der Waals surface area (Å²) >= 11 is 2.23. The zero-order valence-electron chi connectivity index (χ0n) is 13.4. The van der Waals surface area contributed by atoms with Crippen molar-refractivity contribution in [3.05, 3.63) is 30.7 Å². The highest BCUT2D eigenvalue weighted by Crippen LogP contribution is 2.38. The van der Waals surface area contributed by atoms with E-state index in [9.17, 15) is 4.79 Å². The van der Waals surface area contributed by atoms with E-state index in [4.69, 9.17) is 10.5 Å². The highest BCUT2D eigenvalue weighted by molar-refractivity contribution is 14.1. The van der Waals surface area contributed by atoms with Gasteiger partial charge in [-0.15, -0.1) is 0 Å². The molecule has 0 saturated carbocycles. The second-order valence-corrected chi connectivity index (χ2v) is 6.95. The highest BCUT2D eigenvalue weighted by Gasteiger charge is 2.36. The SMILES string of the molecule is C=CC(=O)N1CC(/C=[N+]2\C=C(I)c3c(N)ncnc32)C[C@@H]1COC. The Bertz CT molecular complexity index is 746. The summed E-state index contributed by atoms with van der Waals surface area (Å²) in [6.45, 7) is 4.73. The first-order valence-electron chi connectivity index (χ1n) is 7.58. The Morgan fingerprint density at radius 2 is 2.42 bits per heavy atom. The number of nitrogens with two attached hydrogens (primary N) is 1. The van der Waals surface area contributed by atoms with Crippen LogP contribution in [-0.2, 0) is 9.53 Å². The molecule has 126 valence electrons. The first-order valence-corrected chi connectivity index (χ1v) is 8.66. The van der Waals surface area contributed by atoms with Crippen LogP contribution in [0.4, 0.5) is 11.6 Å². The lowest BCUT2D eigenvalue weighted by Crippen LogP contribution is -2.37. The normalized spacial score (nSPS) is 24.2. The number of aromatic nitrogens is 2. The fourth-order valence-corrected chi connectivity index (χ4v) is 4.02. The van der Waals surface area contributed by atoms with Crippen LogP contribution in [0.5, 0.6) is 0 Å². The van der Waals surface area contributed by atoms with E-state index in [1.54, 1.807) is 7.11 Å². The summed E-state index contributed by atoms with van der Waals surface area (Å²) in [5, 5.41) is 0. The van der Waals surface area contributed by atoms with Gasteiger partial charge in [0.1, 0.15) is 17.6 Å². The van der Waals surface area contributed by atoms with Crippen LogP contribution in [0.3, 0.4) is 0 Å². The second kappa shape index (κ2) is 6.98. The zero-order chi connectivity index (χ0) is 17.3. The first-order chi connectivity index (χ1) is 11.5. The lowest BCUT2D eigenvalue weighted by molar-refractivity contribution is -0.357. The smallest absolute Gasteiger partial charge is 0.341 e. The molecule has 1 fully saturated rings. The fraction of sp³-hybridized carbons (Fsp3) is 0.375. The summed E-state index contributed by atoms with van der Waals surface area (Å²) in [7, 11) is 1.65. The number of halogens is 1. The minimum Gasteiger partial charge on any atom is -0.383 e. The number of fused-ring (bicyclic) bond motifs is 1. The lowest BCUT2D eigenvalue weighted by Gasteiger charge is -2.22. The number of carbonyl (C=O) groups excluding carboxylic acids is 1. The average molecular weight is 440 g/mol. The Balaban J connectivity index is 1.87. The van der Waals surface area contributed by atoms with E-state index < -0.39 is 0 Å². The van der Waals surface area contributed by atoms with Crippen molar-refractivity contribution in [1.82, 2.24) is 14.9 Å². The Morgan fingerprint density at radius 3 is 3.12 bits per heavy atom. The van der Waals surface area contributed by atoms with Gasteiger partial charge in [-0.3, -0.25) is 4.79 Å². The minimum atomic E-state index is -0.0635. The van der Waals surface area contributed by atoms with Gasteiger partial charge in [-0.1, -0.05) is 6.58 Å². The van der Waals surface area contributed by atoms with Gasteiger partial charge in [0.25, 0.3) is 0 Å². The number of nitrogens with zero attached hydrogens (tertiary/aromatic N) is 4. The summed E-state index contributed by atoms with van der Waals surface area (Å²) in [4.78, 5) is 22.3. The van der Waals surface area contributed by atoms with Crippen LogP contribution in [0.2, 0.25) is 0 Å². The van der Waals surface area contributed by atoms with E-state index in [2.05, 4.69) is 45.4 Å². The van der Waals surface area contributed by atoms with Crippen LogP contribution in [0.1, 0.15) is 12.0 Å². The largest absolute Gasteiger partial charge is 0.383 e. The number of likely N-dealkylation sites (tertiary alicyclic amines) is 1. The van der Waals surface area contributed by atoms with E-state index >= 15 is 0 Å². The topological polar surface area (TPSA) is 84.4 Å². The molecule has 1 unspecified atom stereocenters. The molecule has 3 rings (SSSR count). The molecule has 8 heteroatoms. The number of amides is 1. The summed E-state index contributed by atoms with van der Waals surface area (Å²) in [6, 6.07) is 0.0577. The van der Waals surface area contributed by atoms with E-state index in [1.165, 1.54) is 12.4 Å². The molecule has 1 amide bonds. The summed E-state index contributed by atoms with van der Waals surface area (Å²) in [5.74, 6) is 1.40. The molecule has 7 nitrogen and oxygen atoms in total. The van der Waals surface area contributed by atoms with Gasteiger partial charge in [-0.2, -0.15) is 4.98 Å².